The average Bonchev–Trinajstić information content (AvgIpc) is 3.32. The van der Waals surface area contributed by atoms with E-state index in [-0.39, 0.29) is 24.9 Å². The zero-order valence-electron chi connectivity index (χ0n) is 15.0. The third kappa shape index (κ3) is 1.79. The number of carbonyl (C=O) groups excluding carboxylic acids is 2. The lowest BCUT2D eigenvalue weighted by Gasteiger charge is -2.58. The highest BCUT2D eigenvalue weighted by Gasteiger charge is 2.77. The maximum Gasteiger partial charge on any atom is 0.343 e. The van der Waals surface area contributed by atoms with Gasteiger partial charge in [0.1, 0.15) is 12.4 Å². The second-order valence-corrected chi connectivity index (χ2v) is 8.38. The highest BCUT2D eigenvalue weighted by atomic mass is 16.6. The van der Waals surface area contributed by atoms with Crippen molar-refractivity contribution in [3.63, 3.8) is 0 Å². The van der Waals surface area contributed by atoms with Gasteiger partial charge in [-0.3, -0.25) is 4.79 Å². The first-order valence-corrected chi connectivity index (χ1v) is 9.36. The maximum atomic E-state index is 13.2. The molecule has 7 nitrogen and oxygen atoms in total. The second-order valence-electron chi connectivity index (χ2n) is 8.38. The molecular weight excluding hydrogens is 352 g/mol. The number of fused-ring (bicyclic) bond motifs is 1. The molecule has 144 valence electrons. The lowest BCUT2D eigenvalue weighted by molar-refractivity contribution is -0.208. The first kappa shape index (κ1) is 17.0. The minimum Gasteiger partial charge on any atom is -0.465 e. The molecule has 1 saturated carbocycles. The minimum absolute atomic E-state index is 0.105. The Morgan fingerprint density at radius 3 is 2.81 bits per heavy atom. The predicted molar refractivity (Wildman–Crippen MR) is 90.0 cm³/mol. The molecule has 7 atom stereocenters. The van der Waals surface area contributed by atoms with Crippen molar-refractivity contribution in [1.29, 1.82) is 0 Å². The van der Waals surface area contributed by atoms with Gasteiger partial charge >= 0.3 is 11.9 Å². The van der Waals surface area contributed by atoms with Crippen molar-refractivity contribution in [1.82, 2.24) is 0 Å². The average molecular weight is 374 g/mol. The number of furan rings is 1. The van der Waals surface area contributed by atoms with Crippen molar-refractivity contribution in [2.75, 3.05) is 6.61 Å². The molecule has 0 unspecified atom stereocenters. The number of allylic oxidation sites excluding steroid dienone is 1. The van der Waals surface area contributed by atoms with Gasteiger partial charge in [0.25, 0.3) is 0 Å². The van der Waals surface area contributed by atoms with E-state index in [4.69, 9.17) is 13.9 Å². The molecule has 2 aliphatic heterocycles. The smallest absolute Gasteiger partial charge is 0.343 e. The lowest BCUT2D eigenvalue weighted by atomic mass is 9.43. The molecule has 1 aromatic heterocycles. The minimum atomic E-state index is -1.93. The van der Waals surface area contributed by atoms with Gasteiger partial charge in [0, 0.05) is 6.42 Å². The normalized spacial score (nSPS) is 48.3. The summed E-state index contributed by atoms with van der Waals surface area (Å²) in [6.45, 7) is 1.82. The van der Waals surface area contributed by atoms with Crippen LogP contribution in [0.4, 0.5) is 0 Å². The van der Waals surface area contributed by atoms with Crippen LogP contribution >= 0.6 is 0 Å². The highest BCUT2D eigenvalue weighted by Crippen LogP contribution is 2.68. The van der Waals surface area contributed by atoms with E-state index in [1.807, 2.05) is 6.92 Å². The molecule has 0 amide bonds. The van der Waals surface area contributed by atoms with Crippen molar-refractivity contribution >= 4 is 11.9 Å². The van der Waals surface area contributed by atoms with Gasteiger partial charge < -0.3 is 24.1 Å². The molecule has 0 aromatic carbocycles. The zero-order valence-corrected chi connectivity index (χ0v) is 15.0. The Hall–Kier alpha value is -2.12. The first-order chi connectivity index (χ1) is 12.9. The van der Waals surface area contributed by atoms with Gasteiger partial charge in [0.05, 0.1) is 23.2 Å². The van der Waals surface area contributed by atoms with Gasteiger partial charge in [-0.05, 0) is 42.9 Å². The number of ether oxygens (including phenoxy) is 2. The Morgan fingerprint density at radius 1 is 1.26 bits per heavy atom. The fraction of sp³-hybridized carbons (Fsp3) is 0.600. The molecule has 5 rings (SSSR count). The van der Waals surface area contributed by atoms with Crippen LogP contribution in [0.15, 0.2) is 35.0 Å². The number of aliphatic hydroxyl groups is 2. The van der Waals surface area contributed by atoms with Crippen LogP contribution in [0.5, 0.6) is 0 Å². The van der Waals surface area contributed by atoms with E-state index in [0.29, 0.717) is 18.6 Å². The van der Waals surface area contributed by atoms with Gasteiger partial charge in [-0.25, -0.2) is 4.79 Å². The molecule has 3 heterocycles. The van der Waals surface area contributed by atoms with Crippen LogP contribution in [-0.2, 0) is 19.1 Å². The quantitative estimate of drug-likeness (QED) is 0.567. The Morgan fingerprint density at radius 2 is 2.07 bits per heavy atom. The number of esters is 2. The van der Waals surface area contributed by atoms with Gasteiger partial charge in [-0.15, -0.1) is 0 Å². The van der Waals surface area contributed by atoms with Crippen LogP contribution in [-0.4, -0.2) is 40.5 Å². The van der Waals surface area contributed by atoms with Crippen molar-refractivity contribution in [3.05, 3.63) is 36.3 Å². The summed E-state index contributed by atoms with van der Waals surface area (Å²) in [5.74, 6) is -1.20. The van der Waals surface area contributed by atoms with Crippen LogP contribution in [0.1, 0.15) is 38.1 Å². The summed E-state index contributed by atoms with van der Waals surface area (Å²) in [6.07, 6.45) is 4.33. The molecule has 3 fully saturated rings. The Kier molecular flexibility index (Phi) is 3.30. The Bertz CT molecular complexity index is 829. The molecule has 27 heavy (non-hydrogen) atoms. The van der Waals surface area contributed by atoms with Gasteiger partial charge in [-0.2, -0.15) is 0 Å². The van der Waals surface area contributed by atoms with Gasteiger partial charge in [0.2, 0.25) is 0 Å². The number of carbonyl (C=O) groups is 2. The number of hydrogen-bond acceptors (Lipinski definition) is 7. The standard InChI is InChI=1S/C20H22O7/c1-11-8-15(21)19-10-26-17(23)20(19,24)6-2-5-14(19)18(11)9-13(27-16(18)22)12-4-3-7-25-12/h2-4,6-7,11,13-15,21,24H,5,8-10H2,1H3/t11-,13-,14+,15-,18+,19-,20+/m0/s1. The molecule has 2 aliphatic carbocycles. The predicted octanol–water partition coefficient (Wildman–Crippen LogP) is 1.51. The second kappa shape index (κ2) is 5.23. The Balaban J connectivity index is 1.65. The largest absolute Gasteiger partial charge is 0.465 e. The van der Waals surface area contributed by atoms with Crippen LogP contribution < -0.4 is 0 Å². The van der Waals surface area contributed by atoms with E-state index in [2.05, 4.69) is 0 Å². The molecule has 2 saturated heterocycles. The topological polar surface area (TPSA) is 106 Å². The number of rotatable bonds is 1. The summed E-state index contributed by atoms with van der Waals surface area (Å²) in [6, 6.07) is 3.52. The Labute approximate surface area is 155 Å². The molecule has 0 bridgehead atoms. The van der Waals surface area contributed by atoms with Crippen LogP contribution in [0.3, 0.4) is 0 Å². The van der Waals surface area contributed by atoms with E-state index in [9.17, 15) is 19.8 Å². The third-order valence-corrected chi connectivity index (χ3v) is 7.50. The number of hydrogen-bond donors (Lipinski definition) is 2. The summed E-state index contributed by atoms with van der Waals surface area (Å²) in [4.78, 5) is 25.6. The maximum absolute atomic E-state index is 13.2. The van der Waals surface area contributed by atoms with Crippen molar-refractivity contribution < 1.29 is 33.7 Å². The van der Waals surface area contributed by atoms with E-state index >= 15 is 0 Å². The molecule has 1 aromatic rings. The molecule has 7 heteroatoms. The molecule has 2 N–H and O–H groups in total. The van der Waals surface area contributed by atoms with Crippen LogP contribution in [0, 0.1) is 22.7 Å². The van der Waals surface area contributed by atoms with E-state index in [0.717, 1.165) is 0 Å². The molecule has 0 radical (unpaired) electrons. The molecular formula is C20H22O7. The van der Waals surface area contributed by atoms with Crippen molar-refractivity contribution in [2.24, 2.45) is 22.7 Å². The summed E-state index contributed by atoms with van der Waals surface area (Å²) in [5.41, 5.74) is -4.10. The lowest BCUT2D eigenvalue weighted by Crippen LogP contribution is -2.68. The third-order valence-electron chi connectivity index (χ3n) is 7.50. The van der Waals surface area contributed by atoms with Crippen LogP contribution in [0.2, 0.25) is 0 Å². The summed E-state index contributed by atoms with van der Waals surface area (Å²) in [7, 11) is 0. The molecule has 4 aliphatic rings. The van der Waals surface area contributed by atoms with Gasteiger partial charge in [0.15, 0.2) is 11.7 Å². The molecule has 2 spiro atoms. The van der Waals surface area contributed by atoms with E-state index in [1.54, 1.807) is 18.2 Å². The number of aliphatic hydroxyl groups excluding tert-OH is 1. The monoisotopic (exact) mass is 374 g/mol. The summed E-state index contributed by atoms with van der Waals surface area (Å²) in [5, 5.41) is 22.2. The fourth-order valence-electron chi connectivity index (χ4n) is 6.11. The fourth-order valence-corrected chi connectivity index (χ4v) is 6.11. The summed E-state index contributed by atoms with van der Waals surface area (Å²) < 4.78 is 16.4. The van der Waals surface area contributed by atoms with Crippen molar-refractivity contribution in [3.8, 4) is 0 Å². The van der Waals surface area contributed by atoms with Crippen molar-refractivity contribution in [2.45, 2.75) is 44.0 Å². The SMILES string of the molecule is C[C@H]1C[C@H](O)[C@@]23COC(=O)[C@]2(O)C=CC[C@@H]3[C@@]12C[C@@H](c1ccco1)OC2=O. The first-order valence-electron chi connectivity index (χ1n) is 9.36. The highest BCUT2D eigenvalue weighted by molar-refractivity contribution is 5.87. The van der Waals surface area contributed by atoms with Gasteiger partial charge in [-0.1, -0.05) is 13.0 Å². The zero-order chi connectivity index (χ0) is 19.0. The van der Waals surface area contributed by atoms with E-state index < -0.39 is 40.5 Å². The van der Waals surface area contributed by atoms with E-state index in [1.165, 1.54) is 12.3 Å². The van der Waals surface area contributed by atoms with Crippen LogP contribution in [0.25, 0.3) is 0 Å². The summed E-state index contributed by atoms with van der Waals surface area (Å²) >= 11 is 0. The number of cyclic esters (lactones) is 2.